The molecule has 12 heteroatoms. The van der Waals surface area contributed by atoms with Crippen molar-refractivity contribution >= 4 is 17.2 Å². The Kier molecular flexibility index (Phi) is 8.89. The van der Waals surface area contributed by atoms with Gasteiger partial charge in [-0.15, -0.1) is 0 Å². The fourth-order valence-corrected chi connectivity index (χ4v) is 5.56. The van der Waals surface area contributed by atoms with Crippen molar-refractivity contribution in [2.45, 2.75) is 76.4 Å². The van der Waals surface area contributed by atoms with E-state index in [9.17, 15) is 13.6 Å². The Morgan fingerprint density at radius 2 is 1.97 bits per heavy atom. The zero-order chi connectivity index (χ0) is 26.5. The van der Waals surface area contributed by atoms with Gasteiger partial charge in [0.2, 0.25) is 5.88 Å². The largest absolute Gasteiger partial charge is 0.466 e. The van der Waals surface area contributed by atoms with Crippen LogP contribution in [0.2, 0.25) is 0 Å². The van der Waals surface area contributed by atoms with Crippen LogP contribution in [0.3, 0.4) is 0 Å². The van der Waals surface area contributed by atoms with Crippen LogP contribution in [0.5, 0.6) is 11.1 Å². The first kappa shape index (κ1) is 27.6. The van der Waals surface area contributed by atoms with Gasteiger partial charge >= 0.3 is 0 Å². The van der Waals surface area contributed by atoms with Crippen molar-refractivity contribution < 1.29 is 27.4 Å². The highest BCUT2D eigenvalue weighted by Crippen LogP contribution is 2.35. The van der Waals surface area contributed by atoms with Gasteiger partial charge in [0.1, 0.15) is 5.67 Å². The van der Waals surface area contributed by atoms with Crippen LogP contribution in [0.4, 0.5) is 13.2 Å². The van der Waals surface area contributed by atoms with E-state index in [4.69, 9.17) is 9.47 Å². The van der Waals surface area contributed by atoms with E-state index in [-0.39, 0.29) is 18.6 Å². The monoisotopic (exact) mass is 541 g/mol. The molecule has 0 aromatic carbocycles. The lowest BCUT2D eigenvalue weighted by molar-refractivity contribution is -0.124. The van der Waals surface area contributed by atoms with E-state index in [0.717, 1.165) is 42.7 Å². The molecule has 204 valence electrons. The van der Waals surface area contributed by atoms with Crippen LogP contribution in [-0.4, -0.2) is 76.2 Å². The van der Waals surface area contributed by atoms with Gasteiger partial charge in [-0.05, 0) is 45.4 Å². The molecule has 2 aromatic rings. The summed E-state index contributed by atoms with van der Waals surface area (Å²) in [5.74, 6) is -2.85. The van der Waals surface area contributed by atoms with Crippen LogP contribution in [-0.2, 0) is 17.6 Å². The topological polar surface area (TPSA) is 89.5 Å². The lowest BCUT2D eigenvalue weighted by Crippen LogP contribution is -2.44. The first-order valence-electron chi connectivity index (χ1n) is 12.7. The number of halogens is 3. The number of thiazole rings is 1. The maximum atomic E-state index is 15.5. The molecule has 8 nitrogen and oxygen atoms in total. The number of carbonyl (C=O) groups excluding carboxylic acids is 1. The molecular formula is C25H34F3N5O3S. The maximum absolute atomic E-state index is 15.5. The molecule has 1 aliphatic heterocycles. The van der Waals surface area contributed by atoms with Gasteiger partial charge in [0, 0.05) is 43.9 Å². The van der Waals surface area contributed by atoms with Gasteiger partial charge in [0.15, 0.2) is 13.2 Å². The van der Waals surface area contributed by atoms with Gasteiger partial charge in [-0.25, -0.2) is 23.1 Å². The number of rotatable bonds is 10. The molecule has 0 bridgehead atoms. The summed E-state index contributed by atoms with van der Waals surface area (Å²) in [6, 6.07) is -0.0617. The van der Waals surface area contributed by atoms with Crippen molar-refractivity contribution in [1.82, 2.24) is 25.2 Å². The maximum Gasteiger partial charge on any atom is 0.278 e. The summed E-state index contributed by atoms with van der Waals surface area (Å²) in [7, 11) is 0. The SMILES string of the molecule is Cc1cnc(OCC(=O)NC2CCC(F)(CCN3CCc4nc(OCC(C)(F)F)sc4CC3)CC2)cn1. The number of alkyl halides is 3. The zero-order valence-electron chi connectivity index (χ0n) is 21.3. The molecule has 37 heavy (non-hydrogen) atoms. The van der Waals surface area contributed by atoms with Gasteiger partial charge in [-0.1, -0.05) is 11.3 Å². The van der Waals surface area contributed by atoms with E-state index in [1.54, 1.807) is 6.20 Å². The van der Waals surface area contributed by atoms with Gasteiger partial charge in [0.05, 0.1) is 23.8 Å². The Morgan fingerprint density at radius 3 is 2.68 bits per heavy atom. The van der Waals surface area contributed by atoms with Crippen molar-refractivity contribution in [3.8, 4) is 11.1 Å². The summed E-state index contributed by atoms with van der Waals surface area (Å²) < 4.78 is 52.1. The molecule has 0 atom stereocenters. The second kappa shape index (κ2) is 11.9. The summed E-state index contributed by atoms with van der Waals surface area (Å²) in [4.78, 5) is 28.0. The molecule has 2 aliphatic rings. The minimum absolute atomic E-state index is 0.0617. The Labute approximate surface area is 219 Å². The Hall–Kier alpha value is -2.47. The Balaban J connectivity index is 1.15. The van der Waals surface area contributed by atoms with E-state index in [1.807, 2.05) is 6.92 Å². The number of nitrogens with zero attached hydrogens (tertiary/aromatic N) is 4. The van der Waals surface area contributed by atoms with Gasteiger partial charge in [-0.3, -0.25) is 9.78 Å². The van der Waals surface area contributed by atoms with Crippen LogP contribution in [0.15, 0.2) is 12.4 Å². The molecule has 1 amide bonds. The van der Waals surface area contributed by atoms with Crippen LogP contribution < -0.4 is 14.8 Å². The number of aromatic nitrogens is 3. The smallest absolute Gasteiger partial charge is 0.278 e. The van der Waals surface area contributed by atoms with E-state index in [1.165, 1.54) is 17.5 Å². The van der Waals surface area contributed by atoms with Crippen LogP contribution in [0.1, 0.15) is 55.3 Å². The molecule has 2 aromatic heterocycles. The highest BCUT2D eigenvalue weighted by atomic mass is 32.1. The van der Waals surface area contributed by atoms with E-state index >= 15 is 4.39 Å². The number of nitrogens with one attached hydrogen (secondary N) is 1. The van der Waals surface area contributed by atoms with Gasteiger partial charge in [0.25, 0.3) is 17.0 Å². The normalized spacial score (nSPS) is 22.7. The summed E-state index contributed by atoms with van der Waals surface area (Å²) in [6.07, 6.45) is 6.95. The van der Waals surface area contributed by atoms with Crippen molar-refractivity contribution in [1.29, 1.82) is 0 Å². The predicted molar refractivity (Wildman–Crippen MR) is 133 cm³/mol. The highest BCUT2D eigenvalue weighted by Gasteiger charge is 2.36. The van der Waals surface area contributed by atoms with Crippen molar-refractivity contribution in [3.05, 3.63) is 28.7 Å². The summed E-state index contributed by atoms with van der Waals surface area (Å²) in [5.41, 5.74) is 0.421. The minimum Gasteiger partial charge on any atom is -0.466 e. The predicted octanol–water partition coefficient (Wildman–Crippen LogP) is 3.91. The number of amides is 1. The molecule has 1 N–H and O–H groups in total. The molecule has 0 saturated heterocycles. The van der Waals surface area contributed by atoms with Crippen molar-refractivity contribution in [2.24, 2.45) is 0 Å². The lowest BCUT2D eigenvalue weighted by atomic mass is 9.81. The van der Waals surface area contributed by atoms with Gasteiger partial charge < -0.3 is 19.7 Å². The van der Waals surface area contributed by atoms with Crippen molar-refractivity contribution in [3.63, 3.8) is 0 Å². The summed E-state index contributed by atoms with van der Waals surface area (Å²) in [6.45, 7) is 3.99. The van der Waals surface area contributed by atoms with Crippen LogP contribution in [0, 0.1) is 6.92 Å². The lowest BCUT2D eigenvalue weighted by Gasteiger charge is -2.35. The quantitative estimate of drug-likeness (QED) is 0.488. The molecule has 0 spiro atoms. The number of carbonyl (C=O) groups is 1. The fraction of sp³-hybridized carbons (Fsp3) is 0.680. The van der Waals surface area contributed by atoms with E-state index in [2.05, 4.69) is 25.2 Å². The Bertz CT molecular complexity index is 1010. The third-order valence-corrected chi connectivity index (χ3v) is 7.83. The molecule has 1 fully saturated rings. The number of hydrogen-bond acceptors (Lipinski definition) is 8. The van der Waals surface area contributed by atoms with Crippen LogP contribution in [0.25, 0.3) is 0 Å². The molecule has 0 unspecified atom stereocenters. The molecule has 0 radical (unpaired) electrons. The molecule has 3 heterocycles. The minimum atomic E-state index is -2.89. The highest BCUT2D eigenvalue weighted by molar-refractivity contribution is 7.13. The fourth-order valence-electron chi connectivity index (χ4n) is 4.61. The van der Waals surface area contributed by atoms with Crippen molar-refractivity contribution in [2.75, 3.05) is 32.8 Å². The zero-order valence-corrected chi connectivity index (χ0v) is 22.1. The average Bonchev–Trinajstić information content (AvgIpc) is 3.15. The Morgan fingerprint density at radius 1 is 1.22 bits per heavy atom. The van der Waals surface area contributed by atoms with E-state index < -0.39 is 18.2 Å². The number of hydrogen-bond donors (Lipinski definition) is 1. The van der Waals surface area contributed by atoms with E-state index in [0.29, 0.717) is 56.1 Å². The standard InChI is InChI=1S/C25H34F3N5O3S/c1-17-13-30-22(14-29-17)35-15-21(34)31-18-3-7-25(28,8-4-18)9-12-33-10-5-19-20(6-11-33)37-23(32-19)36-16-24(2,26)27/h13-14,18H,3-12,15-16H2,1-2H3,(H,31,34). The third kappa shape index (κ3) is 8.53. The molecular weight excluding hydrogens is 507 g/mol. The number of ether oxygens (including phenoxy) is 2. The molecule has 1 aliphatic carbocycles. The molecule has 1 saturated carbocycles. The third-order valence-electron chi connectivity index (χ3n) is 6.76. The number of aryl methyl sites for hydroxylation is 1. The second-order valence-electron chi connectivity index (χ2n) is 10.1. The van der Waals surface area contributed by atoms with Gasteiger partial charge in [-0.2, -0.15) is 0 Å². The summed E-state index contributed by atoms with van der Waals surface area (Å²) in [5, 5.41) is 3.23. The second-order valence-corrected chi connectivity index (χ2v) is 11.1. The average molecular weight is 542 g/mol. The first-order valence-corrected chi connectivity index (χ1v) is 13.5. The first-order chi connectivity index (χ1) is 17.6. The number of fused-ring (bicyclic) bond motifs is 1. The summed E-state index contributed by atoms with van der Waals surface area (Å²) >= 11 is 1.33. The molecule has 4 rings (SSSR count). The van der Waals surface area contributed by atoms with Crippen LogP contribution >= 0.6 is 11.3 Å².